The van der Waals surface area contributed by atoms with Crippen LogP contribution in [0.15, 0.2) is 30.9 Å². The lowest BCUT2D eigenvalue weighted by Crippen LogP contribution is -2.61. The summed E-state index contributed by atoms with van der Waals surface area (Å²) in [5.74, 6) is 0.916. The first-order chi connectivity index (χ1) is 18.5. The van der Waals surface area contributed by atoms with Gasteiger partial charge in [-0.15, -0.1) is 0 Å². The van der Waals surface area contributed by atoms with Crippen molar-refractivity contribution in [3.05, 3.63) is 64.8 Å². The summed E-state index contributed by atoms with van der Waals surface area (Å²) in [5.41, 5.74) is 3.25. The highest BCUT2D eigenvalue weighted by atomic mass is 16.5. The Labute approximate surface area is 229 Å². The fourth-order valence-electron chi connectivity index (χ4n) is 4.89. The van der Waals surface area contributed by atoms with Gasteiger partial charge < -0.3 is 19.9 Å². The van der Waals surface area contributed by atoms with E-state index in [-0.39, 0.29) is 11.8 Å². The molecule has 0 unspecified atom stereocenters. The third kappa shape index (κ3) is 5.97. The van der Waals surface area contributed by atoms with Gasteiger partial charge in [0.25, 0.3) is 5.91 Å². The molecule has 3 aromatic heterocycles. The molecule has 0 spiro atoms. The van der Waals surface area contributed by atoms with Crippen molar-refractivity contribution in [3.8, 4) is 0 Å². The van der Waals surface area contributed by atoms with Gasteiger partial charge in [-0.3, -0.25) is 14.8 Å². The van der Waals surface area contributed by atoms with E-state index in [4.69, 9.17) is 9.72 Å². The smallest absolute Gasteiger partial charge is 0.339 e. The van der Waals surface area contributed by atoms with Crippen LogP contribution in [0.1, 0.15) is 77.1 Å². The number of hydrogen-bond acceptors (Lipinski definition) is 10. The summed E-state index contributed by atoms with van der Waals surface area (Å²) in [6, 6.07) is 1.90. The minimum Gasteiger partial charge on any atom is -0.465 e. The van der Waals surface area contributed by atoms with Crippen molar-refractivity contribution >= 4 is 23.5 Å². The molecule has 0 bridgehead atoms. The summed E-state index contributed by atoms with van der Waals surface area (Å²) in [6.45, 7) is 13.9. The molecule has 0 radical (unpaired) electrons. The van der Waals surface area contributed by atoms with Crippen LogP contribution in [0, 0.1) is 13.8 Å². The van der Waals surface area contributed by atoms with Gasteiger partial charge in [0.1, 0.15) is 17.3 Å². The number of ether oxygens (including phenoxy) is 1. The standard InChI is InChI=1S/C28H36N8O3/c1-17(2)24-25(31-14-20-13-29-8-9-30-20)32-15-21(34-24)26(37)36-11-10-35(16-28(36,5)6)22-12-18(3)23(19(4)33-22)27(38)39-7/h8-9,12-13,15,17H,10-11,14,16H2,1-7H3,(H,31,32). The van der Waals surface area contributed by atoms with E-state index in [0.717, 1.165) is 22.8 Å². The maximum atomic E-state index is 13.7. The molecule has 1 aliphatic rings. The lowest BCUT2D eigenvalue weighted by atomic mass is 9.97. The monoisotopic (exact) mass is 532 g/mol. The molecule has 1 saturated heterocycles. The van der Waals surface area contributed by atoms with Gasteiger partial charge in [-0.2, -0.15) is 0 Å². The number of nitrogens with one attached hydrogen (secondary N) is 1. The molecule has 3 aromatic rings. The fraction of sp³-hybridized carbons (Fsp3) is 0.464. The van der Waals surface area contributed by atoms with Gasteiger partial charge in [0.05, 0.1) is 54.2 Å². The zero-order valence-electron chi connectivity index (χ0n) is 23.6. The maximum absolute atomic E-state index is 13.7. The normalized spacial score (nSPS) is 14.9. The predicted octanol–water partition coefficient (Wildman–Crippen LogP) is 3.54. The van der Waals surface area contributed by atoms with Crippen molar-refractivity contribution in [2.45, 2.75) is 59.5 Å². The number of aryl methyl sites for hydroxylation is 2. The highest BCUT2D eigenvalue weighted by Crippen LogP contribution is 2.29. The topological polar surface area (TPSA) is 126 Å². The number of carbonyl (C=O) groups excluding carboxylic acids is 2. The molecule has 1 aliphatic heterocycles. The van der Waals surface area contributed by atoms with E-state index in [9.17, 15) is 9.59 Å². The van der Waals surface area contributed by atoms with E-state index in [1.807, 2.05) is 52.5 Å². The lowest BCUT2D eigenvalue weighted by Gasteiger charge is -2.47. The van der Waals surface area contributed by atoms with Crippen LogP contribution in [-0.4, -0.2) is 74.0 Å². The summed E-state index contributed by atoms with van der Waals surface area (Å²) in [6.07, 6.45) is 6.51. The molecule has 4 heterocycles. The Kier molecular flexibility index (Phi) is 8.08. The Balaban J connectivity index is 1.51. The van der Waals surface area contributed by atoms with Crippen LogP contribution in [0.3, 0.4) is 0 Å². The molecule has 1 N–H and O–H groups in total. The number of piperazine rings is 1. The van der Waals surface area contributed by atoms with Crippen LogP contribution in [0.2, 0.25) is 0 Å². The number of hydrogen-bond donors (Lipinski definition) is 1. The molecular weight excluding hydrogens is 496 g/mol. The van der Waals surface area contributed by atoms with Gasteiger partial charge in [-0.25, -0.2) is 19.7 Å². The third-order valence-electron chi connectivity index (χ3n) is 6.86. The number of methoxy groups -OCH3 is 1. The average Bonchev–Trinajstić information content (AvgIpc) is 2.90. The predicted molar refractivity (Wildman–Crippen MR) is 148 cm³/mol. The van der Waals surface area contributed by atoms with Gasteiger partial charge in [-0.1, -0.05) is 13.8 Å². The van der Waals surface area contributed by atoms with Crippen molar-refractivity contribution in [1.29, 1.82) is 0 Å². The quantitative estimate of drug-likeness (QED) is 0.452. The molecule has 0 saturated carbocycles. The molecule has 1 amide bonds. The van der Waals surface area contributed by atoms with Crippen LogP contribution >= 0.6 is 0 Å². The van der Waals surface area contributed by atoms with Gasteiger partial charge >= 0.3 is 5.97 Å². The van der Waals surface area contributed by atoms with E-state index in [0.29, 0.717) is 48.9 Å². The minimum absolute atomic E-state index is 0.0602. The number of carbonyl (C=O) groups is 2. The van der Waals surface area contributed by atoms with E-state index >= 15 is 0 Å². The maximum Gasteiger partial charge on any atom is 0.339 e. The number of esters is 1. The Hall–Kier alpha value is -4.15. The van der Waals surface area contributed by atoms with Gasteiger partial charge in [0.15, 0.2) is 0 Å². The first-order valence-corrected chi connectivity index (χ1v) is 13.0. The van der Waals surface area contributed by atoms with Crippen molar-refractivity contribution in [2.75, 3.05) is 37.0 Å². The average molecular weight is 533 g/mol. The molecule has 39 heavy (non-hydrogen) atoms. The van der Waals surface area contributed by atoms with Crippen molar-refractivity contribution in [1.82, 2.24) is 29.8 Å². The Bertz CT molecular complexity index is 1340. The van der Waals surface area contributed by atoms with Crippen LogP contribution in [0.4, 0.5) is 11.6 Å². The SMILES string of the molecule is COC(=O)c1c(C)cc(N2CCN(C(=O)c3cnc(NCc4cnccn4)c(C(C)C)n3)C(C)(C)C2)nc1C. The first-order valence-electron chi connectivity index (χ1n) is 13.0. The van der Waals surface area contributed by atoms with Gasteiger partial charge in [0.2, 0.25) is 0 Å². The summed E-state index contributed by atoms with van der Waals surface area (Å²) in [4.78, 5) is 52.2. The second-order valence-corrected chi connectivity index (χ2v) is 10.6. The number of aromatic nitrogens is 5. The summed E-state index contributed by atoms with van der Waals surface area (Å²) < 4.78 is 4.91. The second kappa shape index (κ2) is 11.3. The molecule has 206 valence electrons. The molecule has 0 atom stereocenters. The van der Waals surface area contributed by atoms with Gasteiger partial charge in [-0.05, 0) is 45.2 Å². The van der Waals surface area contributed by atoms with E-state index < -0.39 is 11.5 Å². The van der Waals surface area contributed by atoms with E-state index in [2.05, 4.69) is 30.2 Å². The highest BCUT2D eigenvalue weighted by molar-refractivity contribution is 5.93. The number of pyridine rings is 1. The van der Waals surface area contributed by atoms with Crippen molar-refractivity contribution < 1.29 is 14.3 Å². The molecule has 0 aliphatic carbocycles. The molecule has 11 nitrogen and oxygen atoms in total. The number of nitrogens with zero attached hydrogens (tertiary/aromatic N) is 7. The Morgan fingerprint density at radius 1 is 1.10 bits per heavy atom. The summed E-state index contributed by atoms with van der Waals surface area (Å²) in [5, 5.41) is 3.28. The van der Waals surface area contributed by atoms with Crippen LogP contribution < -0.4 is 10.2 Å². The molecule has 0 aromatic carbocycles. The van der Waals surface area contributed by atoms with Crippen molar-refractivity contribution in [3.63, 3.8) is 0 Å². The Morgan fingerprint density at radius 2 is 1.87 bits per heavy atom. The third-order valence-corrected chi connectivity index (χ3v) is 6.86. The van der Waals surface area contributed by atoms with Crippen LogP contribution in [0.25, 0.3) is 0 Å². The minimum atomic E-state index is -0.498. The fourth-order valence-corrected chi connectivity index (χ4v) is 4.89. The highest BCUT2D eigenvalue weighted by Gasteiger charge is 2.38. The van der Waals surface area contributed by atoms with Crippen LogP contribution in [0.5, 0.6) is 0 Å². The number of rotatable bonds is 7. The summed E-state index contributed by atoms with van der Waals surface area (Å²) >= 11 is 0. The Morgan fingerprint density at radius 3 is 2.49 bits per heavy atom. The first kappa shape index (κ1) is 27.9. The zero-order valence-corrected chi connectivity index (χ0v) is 23.6. The van der Waals surface area contributed by atoms with E-state index in [1.54, 1.807) is 18.6 Å². The molecular formula is C28H36N8O3. The van der Waals surface area contributed by atoms with E-state index in [1.165, 1.54) is 13.3 Å². The van der Waals surface area contributed by atoms with Gasteiger partial charge in [0, 0.05) is 32.0 Å². The zero-order chi connectivity index (χ0) is 28.3. The number of amides is 1. The van der Waals surface area contributed by atoms with Crippen molar-refractivity contribution in [2.24, 2.45) is 0 Å². The largest absolute Gasteiger partial charge is 0.465 e. The lowest BCUT2D eigenvalue weighted by molar-refractivity contribution is 0.0505. The number of anilines is 2. The molecule has 4 rings (SSSR count). The summed E-state index contributed by atoms with van der Waals surface area (Å²) in [7, 11) is 1.37. The second-order valence-electron chi connectivity index (χ2n) is 10.6. The molecule has 11 heteroatoms. The van der Waals surface area contributed by atoms with Crippen LogP contribution in [-0.2, 0) is 11.3 Å². The molecule has 1 fully saturated rings.